The maximum atomic E-state index is 12.8. The molecule has 9 heteroatoms. The summed E-state index contributed by atoms with van der Waals surface area (Å²) in [5.74, 6) is 0.872. The third kappa shape index (κ3) is 4.58. The lowest BCUT2D eigenvalue weighted by molar-refractivity contribution is 0.0718. The van der Waals surface area contributed by atoms with Crippen molar-refractivity contribution in [2.45, 2.75) is 18.9 Å². The lowest BCUT2D eigenvalue weighted by Crippen LogP contribution is -2.42. The predicted octanol–water partition coefficient (Wildman–Crippen LogP) is 6.18. The summed E-state index contributed by atoms with van der Waals surface area (Å²) in [7, 11) is 0. The summed E-state index contributed by atoms with van der Waals surface area (Å²) >= 11 is 15.9. The molecule has 0 atom stereocenters. The summed E-state index contributed by atoms with van der Waals surface area (Å²) in [6.07, 6.45) is 3.39. The third-order valence-corrected chi connectivity index (χ3v) is 6.94. The molecular weight excluding hydrogens is 525 g/mol. The van der Waals surface area contributed by atoms with E-state index in [0.29, 0.717) is 34.3 Å². The summed E-state index contributed by atoms with van der Waals surface area (Å²) in [5, 5.41) is 9.35. The first-order valence-corrected chi connectivity index (χ1v) is 12.1. The molecule has 1 saturated heterocycles. The molecule has 0 aliphatic carbocycles. The Hall–Kier alpha value is -2.61. The van der Waals surface area contributed by atoms with Gasteiger partial charge in [-0.3, -0.25) is 4.79 Å². The van der Waals surface area contributed by atoms with E-state index < -0.39 is 0 Å². The zero-order chi connectivity index (χ0) is 22.9. The smallest absolute Gasteiger partial charge is 0.253 e. The monoisotopic (exact) mass is 543 g/mol. The third-order valence-electron chi connectivity index (χ3n) is 5.80. The molecule has 168 valence electrons. The van der Waals surface area contributed by atoms with Crippen molar-refractivity contribution in [3.63, 3.8) is 0 Å². The second-order valence-electron chi connectivity index (χ2n) is 7.95. The lowest BCUT2D eigenvalue weighted by Gasteiger charge is -2.33. The van der Waals surface area contributed by atoms with Gasteiger partial charge in [0, 0.05) is 46.4 Å². The molecular formula is C24H20BrCl2N5O. The fourth-order valence-corrected chi connectivity index (χ4v) is 4.76. The van der Waals surface area contributed by atoms with Gasteiger partial charge < -0.3 is 10.2 Å². The van der Waals surface area contributed by atoms with Crippen LogP contribution in [0.3, 0.4) is 0 Å². The van der Waals surface area contributed by atoms with E-state index in [2.05, 4.69) is 26.3 Å². The highest BCUT2D eigenvalue weighted by Gasteiger charge is 2.25. The Balaban J connectivity index is 1.35. The zero-order valence-corrected chi connectivity index (χ0v) is 20.6. The number of nitrogens with one attached hydrogen (secondary N) is 1. The van der Waals surface area contributed by atoms with Gasteiger partial charge in [0.25, 0.3) is 5.91 Å². The first-order chi connectivity index (χ1) is 16.0. The van der Waals surface area contributed by atoms with Gasteiger partial charge in [-0.25, -0.2) is 4.98 Å². The SMILES string of the molecule is O=C(c1ccc(Cl)cc1)N1CCC(Nc2cc(-c3ccccc3Cl)nc3c(Br)cnn23)CC1. The number of fused-ring (bicyclic) bond motifs is 1. The molecule has 1 aliphatic heterocycles. The molecule has 0 saturated carbocycles. The molecule has 6 nitrogen and oxygen atoms in total. The molecule has 1 N–H and O–H groups in total. The van der Waals surface area contributed by atoms with Crippen LogP contribution in [0.4, 0.5) is 5.82 Å². The van der Waals surface area contributed by atoms with E-state index in [1.165, 1.54) is 0 Å². The first-order valence-electron chi connectivity index (χ1n) is 10.6. The van der Waals surface area contributed by atoms with Crippen LogP contribution in [0.25, 0.3) is 16.9 Å². The molecule has 2 aromatic heterocycles. The Kier molecular flexibility index (Phi) is 6.27. The summed E-state index contributed by atoms with van der Waals surface area (Å²) in [6, 6.07) is 16.9. The molecule has 33 heavy (non-hydrogen) atoms. The normalized spacial score (nSPS) is 14.6. The number of piperidine rings is 1. The molecule has 0 bridgehead atoms. The number of aromatic nitrogens is 3. The van der Waals surface area contributed by atoms with Crippen LogP contribution in [0.1, 0.15) is 23.2 Å². The molecule has 0 radical (unpaired) electrons. The van der Waals surface area contributed by atoms with E-state index in [1.54, 1.807) is 35.0 Å². The lowest BCUT2D eigenvalue weighted by atomic mass is 10.0. The summed E-state index contributed by atoms with van der Waals surface area (Å²) in [4.78, 5) is 19.5. The maximum absolute atomic E-state index is 12.8. The highest BCUT2D eigenvalue weighted by Crippen LogP contribution is 2.31. The highest BCUT2D eigenvalue weighted by atomic mass is 79.9. The first kappa shape index (κ1) is 22.2. The van der Waals surface area contributed by atoms with E-state index in [9.17, 15) is 4.79 Å². The Morgan fingerprint density at radius 2 is 1.79 bits per heavy atom. The largest absolute Gasteiger partial charge is 0.367 e. The number of nitrogens with zero attached hydrogens (tertiary/aromatic N) is 4. The van der Waals surface area contributed by atoms with Crippen LogP contribution < -0.4 is 5.32 Å². The fraction of sp³-hybridized carbons (Fsp3) is 0.208. The number of benzene rings is 2. The molecule has 3 heterocycles. The van der Waals surface area contributed by atoms with Crippen molar-refractivity contribution in [3.05, 3.63) is 80.9 Å². The van der Waals surface area contributed by atoms with Crippen molar-refractivity contribution in [1.29, 1.82) is 0 Å². The molecule has 1 fully saturated rings. The summed E-state index contributed by atoms with van der Waals surface area (Å²) in [6.45, 7) is 1.35. The van der Waals surface area contributed by atoms with Crippen molar-refractivity contribution in [1.82, 2.24) is 19.5 Å². The van der Waals surface area contributed by atoms with Crippen molar-refractivity contribution >= 4 is 56.5 Å². The average Bonchev–Trinajstić information content (AvgIpc) is 3.21. The number of anilines is 1. The number of hydrogen-bond donors (Lipinski definition) is 1. The van der Waals surface area contributed by atoms with Gasteiger partial charge in [0.05, 0.1) is 16.4 Å². The van der Waals surface area contributed by atoms with Crippen molar-refractivity contribution in [2.75, 3.05) is 18.4 Å². The Labute approximate surface area is 209 Å². The maximum Gasteiger partial charge on any atom is 0.253 e. The standard InChI is InChI=1S/C24H20BrCl2N5O/c25-19-14-28-32-22(13-21(30-23(19)32)18-3-1-2-4-20(18)27)29-17-9-11-31(12-10-17)24(33)15-5-7-16(26)8-6-15/h1-8,13-14,17,29H,9-12H2. The van der Waals surface area contributed by atoms with E-state index in [1.807, 2.05) is 35.2 Å². The van der Waals surface area contributed by atoms with Gasteiger partial charge in [0.15, 0.2) is 5.65 Å². The van der Waals surface area contributed by atoms with Gasteiger partial charge in [-0.1, -0.05) is 41.4 Å². The number of rotatable bonds is 4. The van der Waals surface area contributed by atoms with Gasteiger partial charge >= 0.3 is 0 Å². The average molecular weight is 545 g/mol. The summed E-state index contributed by atoms with van der Waals surface area (Å²) < 4.78 is 2.60. The Bertz CT molecular complexity index is 1320. The van der Waals surface area contributed by atoms with E-state index in [4.69, 9.17) is 28.2 Å². The van der Waals surface area contributed by atoms with Crippen LogP contribution in [0.15, 0.2) is 65.3 Å². The van der Waals surface area contributed by atoms with Crippen LogP contribution in [0.5, 0.6) is 0 Å². The molecule has 4 aromatic rings. The minimum absolute atomic E-state index is 0.0356. The molecule has 0 spiro atoms. The zero-order valence-electron chi connectivity index (χ0n) is 17.5. The van der Waals surface area contributed by atoms with Crippen molar-refractivity contribution in [2.24, 2.45) is 0 Å². The van der Waals surface area contributed by atoms with Gasteiger partial charge in [0.2, 0.25) is 0 Å². The summed E-state index contributed by atoms with van der Waals surface area (Å²) in [5.41, 5.74) is 3.01. The highest BCUT2D eigenvalue weighted by molar-refractivity contribution is 9.10. The second kappa shape index (κ2) is 9.33. The number of carbonyl (C=O) groups is 1. The quantitative estimate of drug-likeness (QED) is 0.333. The van der Waals surface area contributed by atoms with Crippen molar-refractivity contribution in [3.8, 4) is 11.3 Å². The van der Waals surface area contributed by atoms with Crippen LogP contribution >= 0.6 is 39.1 Å². The predicted molar refractivity (Wildman–Crippen MR) is 135 cm³/mol. The van der Waals surface area contributed by atoms with Gasteiger partial charge in [-0.2, -0.15) is 9.61 Å². The van der Waals surface area contributed by atoms with Gasteiger partial charge in [-0.15, -0.1) is 0 Å². The van der Waals surface area contributed by atoms with Crippen LogP contribution in [-0.4, -0.2) is 44.5 Å². The van der Waals surface area contributed by atoms with Crippen molar-refractivity contribution < 1.29 is 4.79 Å². The fourth-order valence-electron chi connectivity index (χ4n) is 4.06. The minimum Gasteiger partial charge on any atom is -0.367 e. The molecule has 0 unspecified atom stereocenters. The van der Waals surface area contributed by atoms with E-state index in [0.717, 1.165) is 34.4 Å². The topological polar surface area (TPSA) is 62.5 Å². The Morgan fingerprint density at radius 1 is 1.06 bits per heavy atom. The number of halogens is 3. The Morgan fingerprint density at radius 3 is 2.52 bits per heavy atom. The number of likely N-dealkylation sites (tertiary alicyclic amines) is 1. The molecule has 1 amide bonds. The molecule has 5 rings (SSSR count). The van der Waals surface area contributed by atoms with Gasteiger partial charge in [-0.05, 0) is 59.1 Å². The number of carbonyl (C=O) groups excluding carboxylic acids is 1. The minimum atomic E-state index is 0.0356. The number of amides is 1. The van der Waals surface area contributed by atoms with Crippen LogP contribution in [0, 0.1) is 0 Å². The van der Waals surface area contributed by atoms with E-state index in [-0.39, 0.29) is 11.9 Å². The number of hydrogen-bond acceptors (Lipinski definition) is 4. The van der Waals surface area contributed by atoms with Gasteiger partial charge in [0.1, 0.15) is 5.82 Å². The van der Waals surface area contributed by atoms with Crippen LogP contribution in [0.2, 0.25) is 10.0 Å². The second-order valence-corrected chi connectivity index (χ2v) is 9.65. The van der Waals surface area contributed by atoms with Crippen LogP contribution in [-0.2, 0) is 0 Å². The van der Waals surface area contributed by atoms with E-state index >= 15 is 0 Å². The molecule has 1 aliphatic rings. The molecule has 2 aromatic carbocycles.